The van der Waals surface area contributed by atoms with Crippen molar-refractivity contribution in [3.63, 3.8) is 0 Å². The van der Waals surface area contributed by atoms with Crippen molar-refractivity contribution in [1.82, 2.24) is 0 Å². The maximum Gasteiger partial charge on any atom is 1.00 e. The van der Waals surface area contributed by atoms with Crippen molar-refractivity contribution in [1.29, 1.82) is 0 Å². The molecular weight excluding hydrogens is 425 g/mol. The van der Waals surface area contributed by atoms with Crippen molar-refractivity contribution in [2.75, 3.05) is 12.4 Å². The maximum absolute atomic E-state index is 10.7. The van der Waals surface area contributed by atoms with Gasteiger partial charge in [-0.3, -0.25) is 0 Å². The summed E-state index contributed by atoms with van der Waals surface area (Å²) in [6.45, 7) is 0.609. The molecule has 30 heavy (non-hydrogen) atoms. The minimum Gasteiger partial charge on any atom is -0.748 e. The first kappa shape index (κ1) is 29.4. The fourth-order valence-corrected chi connectivity index (χ4v) is 11.1. The Balaban J connectivity index is 0.00000225. The molecule has 0 heterocycles. The van der Waals surface area contributed by atoms with Gasteiger partial charge in [0.1, 0.15) is 0 Å². The van der Waals surface area contributed by atoms with Gasteiger partial charge in [0.2, 0.25) is 0 Å². The van der Waals surface area contributed by atoms with Crippen LogP contribution in [0.3, 0.4) is 0 Å². The van der Waals surface area contributed by atoms with E-state index in [1.54, 1.807) is 0 Å². The van der Waals surface area contributed by atoms with Gasteiger partial charge < -0.3 is 9.29 Å². The Labute approximate surface area is 210 Å². The molecule has 0 spiro atoms. The van der Waals surface area contributed by atoms with Gasteiger partial charge in [-0.2, -0.15) is 0 Å². The summed E-state index contributed by atoms with van der Waals surface area (Å²) in [6.07, 6.45) is 21.2. The molecule has 4 nitrogen and oxygen atoms in total. The van der Waals surface area contributed by atoms with Gasteiger partial charge in [-0.1, -0.05) is 52.9 Å². The van der Waals surface area contributed by atoms with Gasteiger partial charge in [0.05, 0.1) is 24.6 Å². The van der Waals surface area contributed by atoms with Gasteiger partial charge >= 0.3 is 29.6 Å². The summed E-state index contributed by atoms with van der Waals surface area (Å²) < 4.78 is 38.3. The normalized spacial score (nSPS) is 26.7. The fraction of sp³-hybridized carbons (Fsp3) is 1.00. The van der Waals surface area contributed by atoms with E-state index in [2.05, 4.69) is 0 Å². The first-order valence-corrected chi connectivity index (χ1v) is 15.0. The molecule has 0 aliphatic heterocycles. The number of rotatable bonds is 9. The molecule has 2 unspecified atom stereocenters. The van der Waals surface area contributed by atoms with Crippen molar-refractivity contribution >= 4 is 26.5 Å². The van der Waals surface area contributed by atoms with Crippen molar-refractivity contribution in [3.05, 3.63) is 0 Å². The van der Waals surface area contributed by atoms with Crippen LogP contribution in [0.15, 0.2) is 0 Å². The van der Waals surface area contributed by atoms with Gasteiger partial charge in [-0.15, -0.1) is 0 Å². The Hall–Kier alpha value is 1.36. The number of hydrogen-bond acceptors (Lipinski definition) is 4. The first-order chi connectivity index (χ1) is 13.5. The van der Waals surface area contributed by atoms with Crippen LogP contribution in [0.2, 0.25) is 0 Å². The molecule has 0 radical (unpaired) electrons. The zero-order valence-electron chi connectivity index (χ0n) is 18.5. The molecule has 0 aromatic heterocycles. The van der Waals surface area contributed by atoms with E-state index in [0.717, 1.165) is 23.4 Å². The molecule has 0 aromatic carbocycles. The molecule has 3 fully saturated rings. The van der Waals surface area contributed by atoms with Crippen LogP contribution in [0.5, 0.6) is 0 Å². The monoisotopic (exact) mass is 468 g/mol. The third kappa shape index (κ3) is 10.1. The van der Waals surface area contributed by atoms with Crippen molar-refractivity contribution < 1.29 is 47.3 Å². The molecule has 0 amide bonds. The molecule has 0 bridgehead atoms. The molecule has 3 rings (SSSR count). The summed E-state index contributed by atoms with van der Waals surface area (Å²) in [5.41, 5.74) is 2.91. The van der Waals surface area contributed by atoms with E-state index in [-0.39, 0.29) is 51.6 Å². The Morgan fingerprint density at radius 2 is 1.30 bits per heavy atom. The molecule has 0 aromatic rings. The van der Waals surface area contributed by atoms with Gasteiger partial charge in [0.25, 0.3) is 0 Å². The quantitative estimate of drug-likeness (QED) is 0.223. The van der Waals surface area contributed by atoms with Crippen molar-refractivity contribution in [2.24, 2.45) is 0 Å². The Morgan fingerprint density at radius 1 is 0.767 bits per heavy atom. The average molecular weight is 468 g/mol. The second-order valence-electron chi connectivity index (χ2n) is 9.31. The van der Waals surface area contributed by atoms with Crippen LogP contribution in [0.25, 0.3) is 0 Å². The van der Waals surface area contributed by atoms with Crippen LogP contribution in [0, 0.1) is 0 Å². The van der Waals surface area contributed by atoms with E-state index in [0.29, 0.717) is 25.6 Å². The number of unbranched alkanes of at least 4 members (excludes halogenated alkanes) is 1. The average Bonchev–Trinajstić information content (AvgIpc) is 2.69. The van der Waals surface area contributed by atoms with Crippen LogP contribution in [0.1, 0.15) is 103 Å². The second-order valence-corrected chi connectivity index (χ2v) is 13.9. The Kier molecular flexibility index (Phi) is 15.0. The van der Waals surface area contributed by atoms with E-state index in [9.17, 15) is 13.0 Å². The van der Waals surface area contributed by atoms with Gasteiger partial charge in [0, 0.05) is 12.4 Å². The predicted molar refractivity (Wildman–Crippen MR) is 126 cm³/mol. The Bertz CT molecular complexity index is 535. The minimum absolute atomic E-state index is 0. The topological polar surface area (TPSA) is 66.4 Å². The number of ether oxygens (including phenoxy) is 1. The van der Waals surface area contributed by atoms with Gasteiger partial charge in [0.15, 0.2) is 0 Å². The zero-order chi connectivity index (χ0) is 19.8. The standard InChI is InChI=1S/C22H41O4PS.BH3.Na/c23-28(24,25)17-8-7-16-26-19-10-9-15-22(18-19)27(20-11-3-1-4-12-20)21-13-5-2-6-14-21;;/h19-22H,1-18H2,(H,23,24,25);1H3;/q;;+1/p-1. The third-order valence-electron chi connectivity index (χ3n) is 7.15. The molecule has 0 N–H and O–H groups in total. The second kappa shape index (κ2) is 15.3. The van der Waals surface area contributed by atoms with E-state index in [1.807, 2.05) is 0 Å². The molecule has 3 aliphatic carbocycles. The van der Waals surface area contributed by atoms with Gasteiger partial charge in [-0.05, 0) is 74.8 Å². The number of hydrogen-bond donors (Lipinski definition) is 0. The molecule has 2 atom stereocenters. The van der Waals surface area contributed by atoms with Crippen LogP contribution >= 0.6 is 7.92 Å². The molecule has 0 saturated heterocycles. The van der Waals surface area contributed by atoms with Crippen molar-refractivity contribution in [2.45, 2.75) is 126 Å². The first-order valence-electron chi connectivity index (χ1n) is 11.9. The molecular formula is C22H43BNaO4PS. The predicted octanol–water partition coefficient (Wildman–Crippen LogP) is 1.61. The summed E-state index contributed by atoms with van der Waals surface area (Å²) in [6, 6.07) is 0. The van der Waals surface area contributed by atoms with E-state index >= 15 is 0 Å². The van der Waals surface area contributed by atoms with Gasteiger partial charge in [-0.25, -0.2) is 8.42 Å². The zero-order valence-corrected chi connectivity index (χ0v) is 22.2. The molecule has 3 saturated carbocycles. The summed E-state index contributed by atoms with van der Waals surface area (Å²) in [5, 5.41) is 0. The van der Waals surface area contributed by atoms with E-state index in [1.165, 1.54) is 83.5 Å². The molecule has 3 aliphatic rings. The summed E-state index contributed by atoms with van der Waals surface area (Å²) in [7, 11) is -3.96. The maximum atomic E-state index is 10.7. The summed E-state index contributed by atoms with van der Waals surface area (Å²) in [4.78, 5) is 0. The fourth-order valence-electron chi connectivity index (χ4n) is 5.83. The van der Waals surface area contributed by atoms with E-state index in [4.69, 9.17) is 4.74 Å². The van der Waals surface area contributed by atoms with Crippen LogP contribution in [0.4, 0.5) is 0 Å². The van der Waals surface area contributed by atoms with E-state index < -0.39 is 10.1 Å². The van der Waals surface area contributed by atoms with Crippen LogP contribution < -0.4 is 29.6 Å². The summed E-state index contributed by atoms with van der Waals surface area (Å²) in [5.74, 6) is -0.252. The van der Waals surface area contributed by atoms with Crippen LogP contribution in [-0.2, 0) is 14.9 Å². The largest absolute Gasteiger partial charge is 1.00 e. The third-order valence-corrected chi connectivity index (χ3v) is 12.0. The molecule has 8 heteroatoms. The summed E-state index contributed by atoms with van der Waals surface area (Å²) >= 11 is 0. The minimum atomic E-state index is -4.08. The van der Waals surface area contributed by atoms with Crippen molar-refractivity contribution in [3.8, 4) is 0 Å². The Morgan fingerprint density at radius 3 is 1.83 bits per heavy atom. The smallest absolute Gasteiger partial charge is 0.748 e. The SMILES string of the molecule is B.O=S(=O)([O-])CCCCOC1CCCC(P(C2CCCCC2)C2CCCCC2)C1.[Na+]. The van der Waals surface area contributed by atoms with Crippen LogP contribution in [-0.4, -0.2) is 56.8 Å². The molecule has 170 valence electrons.